The summed E-state index contributed by atoms with van der Waals surface area (Å²) < 4.78 is 19.9. The van der Waals surface area contributed by atoms with Crippen LogP contribution in [0.5, 0.6) is 0 Å². The van der Waals surface area contributed by atoms with Gasteiger partial charge in [-0.3, -0.25) is 19.8 Å². The molecule has 140 valence electrons. The van der Waals surface area contributed by atoms with Crippen LogP contribution < -0.4 is 5.56 Å². The zero-order valence-electron chi connectivity index (χ0n) is 15.1. The molecule has 1 aromatic heterocycles. The average molecular weight is 360 g/mol. The summed E-state index contributed by atoms with van der Waals surface area (Å²) in [7, 11) is 0. The molecule has 0 amide bonds. The largest absolute Gasteiger partial charge is 0.379 e. The Kier molecular flexibility index (Phi) is 6.35. The van der Waals surface area contributed by atoms with Crippen molar-refractivity contribution in [2.45, 2.75) is 19.8 Å². The lowest BCUT2D eigenvalue weighted by molar-refractivity contribution is 0.0395. The number of aryl methyl sites for hydroxylation is 1. The first-order chi connectivity index (χ1) is 12.7. The van der Waals surface area contributed by atoms with Crippen molar-refractivity contribution >= 4 is 6.21 Å². The van der Waals surface area contributed by atoms with Crippen molar-refractivity contribution in [1.82, 2.24) is 14.7 Å². The number of morpholine rings is 1. The molecule has 0 bridgehead atoms. The fourth-order valence-corrected chi connectivity index (χ4v) is 3.02. The lowest BCUT2D eigenvalue weighted by atomic mass is 10.2. The van der Waals surface area contributed by atoms with Crippen molar-refractivity contribution in [1.29, 1.82) is 0 Å². The quantitative estimate of drug-likeness (QED) is 0.769. The molecule has 1 aliphatic rings. The Labute approximate surface area is 152 Å². The lowest BCUT2D eigenvalue weighted by Gasteiger charge is -2.25. The van der Waals surface area contributed by atoms with Gasteiger partial charge in [0.05, 0.1) is 31.0 Å². The Morgan fingerprint density at radius 1 is 1.27 bits per heavy atom. The van der Waals surface area contributed by atoms with E-state index in [4.69, 9.17) is 4.74 Å². The van der Waals surface area contributed by atoms with Gasteiger partial charge in [-0.2, -0.15) is 0 Å². The minimum atomic E-state index is -0.327. The van der Waals surface area contributed by atoms with Crippen molar-refractivity contribution in [2.24, 2.45) is 4.99 Å². The van der Waals surface area contributed by atoms with Gasteiger partial charge in [-0.15, -0.1) is 0 Å². The number of aliphatic imine (C=N–C) groups is 1. The van der Waals surface area contributed by atoms with Gasteiger partial charge in [0.15, 0.2) is 0 Å². The first-order valence-corrected chi connectivity index (χ1v) is 9.09. The van der Waals surface area contributed by atoms with E-state index in [9.17, 15) is 9.18 Å². The Morgan fingerprint density at radius 3 is 2.69 bits per heavy atom. The topological polar surface area (TPSA) is 62.6 Å². The molecule has 1 saturated heterocycles. The Hall–Kier alpha value is -2.25. The van der Waals surface area contributed by atoms with E-state index in [-0.39, 0.29) is 11.4 Å². The van der Waals surface area contributed by atoms with Crippen molar-refractivity contribution in [3.8, 4) is 5.69 Å². The van der Waals surface area contributed by atoms with Gasteiger partial charge in [0.25, 0.3) is 5.56 Å². The number of hydrogen-bond acceptors (Lipinski definition) is 4. The SMILES string of the molecule is CCCc1[nH]n(-c2ccc(F)cc2)c(=O)c1C=NCCN1CCOCC1. The fourth-order valence-electron chi connectivity index (χ4n) is 3.02. The van der Waals surface area contributed by atoms with Gasteiger partial charge in [0, 0.05) is 31.5 Å². The summed E-state index contributed by atoms with van der Waals surface area (Å²) in [6.45, 7) is 6.96. The second-order valence-electron chi connectivity index (χ2n) is 6.36. The highest BCUT2D eigenvalue weighted by Gasteiger charge is 2.13. The molecule has 0 unspecified atom stereocenters. The van der Waals surface area contributed by atoms with Gasteiger partial charge < -0.3 is 4.74 Å². The smallest absolute Gasteiger partial charge is 0.280 e. The lowest BCUT2D eigenvalue weighted by Crippen LogP contribution is -2.37. The second kappa shape index (κ2) is 8.91. The molecule has 0 atom stereocenters. The van der Waals surface area contributed by atoms with Gasteiger partial charge in [-0.05, 0) is 30.7 Å². The van der Waals surface area contributed by atoms with E-state index in [0.717, 1.165) is 51.4 Å². The van der Waals surface area contributed by atoms with E-state index in [2.05, 4.69) is 21.9 Å². The molecule has 7 heteroatoms. The first kappa shape index (κ1) is 18.5. The summed E-state index contributed by atoms with van der Waals surface area (Å²) in [6, 6.07) is 5.86. The number of aromatic nitrogens is 2. The number of rotatable bonds is 7. The zero-order valence-corrected chi connectivity index (χ0v) is 15.1. The third-order valence-corrected chi connectivity index (χ3v) is 4.46. The third-order valence-electron chi connectivity index (χ3n) is 4.46. The Bertz CT molecular complexity index is 789. The molecule has 0 spiro atoms. The van der Waals surface area contributed by atoms with E-state index in [0.29, 0.717) is 17.8 Å². The minimum Gasteiger partial charge on any atom is -0.379 e. The number of ether oxygens (including phenoxy) is 1. The van der Waals surface area contributed by atoms with Crippen molar-refractivity contribution in [2.75, 3.05) is 39.4 Å². The van der Waals surface area contributed by atoms with Crippen LogP contribution in [0.3, 0.4) is 0 Å². The monoisotopic (exact) mass is 360 g/mol. The Morgan fingerprint density at radius 2 is 2.00 bits per heavy atom. The van der Waals surface area contributed by atoms with Gasteiger partial charge in [0.2, 0.25) is 0 Å². The van der Waals surface area contributed by atoms with Crippen molar-refractivity contribution in [3.63, 3.8) is 0 Å². The standard InChI is InChI=1S/C19H25FN4O2/c1-2-3-18-17(14-21-8-9-23-10-12-26-13-11-23)19(25)24(22-18)16-6-4-15(20)5-7-16/h4-7,14,22H,2-3,8-13H2,1H3. The van der Waals surface area contributed by atoms with Crippen LogP contribution >= 0.6 is 0 Å². The average Bonchev–Trinajstić information content (AvgIpc) is 2.96. The first-order valence-electron chi connectivity index (χ1n) is 9.09. The summed E-state index contributed by atoms with van der Waals surface area (Å²) in [5.74, 6) is -0.327. The van der Waals surface area contributed by atoms with Crippen molar-refractivity contribution in [3.05, 3.63) is 51.7 Å². The number of nitrogens with zero attached hydrogens (tertiary/aromatic N) is 3. The van der Waals surface area contributed by atoms with Crippen LogP contribution in [-0.4, -0.2) is 60.3 Å². The molecule has 1 aliphatic heterocycles. The highest BCUT2D eigenvalue weighted by Crippen LogP contribution is 2.10. The number of H-pyrrole nitrogens is 1. The summed E-state index contributed by atoms with van der Waals surface area (Å²) in [5.41, 5.74) is 1.90. The molecular weight excluding hydrogens is 335 g/mol. The maximum atomic E-state index is 13.1. The van der Waals surface area contributed by atoms with Gasteiger partial charge in [0.1, 0.15) is 5.82 Å². The summed E-state index contributed by atoms with van der Waals surface area (Å²) in [5, 5.41) is 3.14. The van der Waals surface area contributed by atoms with E-state index in [1.165, 1.54) is 16.8 Å². The van der Waals surface area contributed by atoms with Crippen LogP contribution in [0.1, 0.15) is 24.6 Å². The van der Waals surface area contributed by atoms with Gasteiger partial charge >= 0.3 is 0 Å². The normalized spacial score (nSPS) is 15.8. The van der Waals surface area contributed by atoms with E-state index in [1.54, 1.807) is 18.3 Å². The number of benzene rings is 1. The maximum Gasteiger partial charge on any atom is 0.280 e. The summed E-state index contributed by atoms with van der Waals surface area (Å²) >= 11 is 0. The molecule has 0 aliphatic carbocycles. The molecule has 1 aromatic carbocycles. The molecule has 0 radical (unpaired) electrons. The highest BCUT2D eigenvalue weighted by atomic mass is 19.1. The predicted octanol–water partition coefficient (Wildman–Crippen LogP) is 2.01. The number of nitrogens with one attached hydrogen (secondary N) is 1. The van der Waals surface area contributed by atoms with Gasteiger partial charge in [-0.1, -0.05) is 13.3 Å². The molecule has 3 rings (SSSR count). The molecule has 2 aromatic rings. The predicted molar refractivity (Wildman–Crippen MR) is 100 cm³/mol. The molecule has 1 N–H and O–H groups in total. The van der Waals surface area contributed by atoms with E-state index >= 15 is 0 Å². The van der Waals surface area contributed by atoms with E-state index < -0.39 is 0 Å². The van der Waals surface area contributed by atoms with Crippen molar-refractivity contribution < 1.29 is 9.13 Å². The Balaban J connectivity index is 1.75. The fraction of sp³-hybridized carbons (Fsp3) is 0.474. The molecular formula is C19H25FN4O2. The highest BCUT2D eigenvalue weighted by molar-refractivity contribution is 5.80. The minimum absolute atomic E-state index is 0.157. The molecule has 26 heavy (non-hydrogen) atoms. The maximum absolute atomic E-state index is 13.1. The molecule has 2 heterocycles. The molecule has 6 nitrogen and oxygen atoms in total. The van der Waals surface area contributed by atoms with Crippen LogP contribution in [-0.2, 0) is 11.2 Å². The zero-order chi connectivity index (χ0) is 18.4. The summed E-state index contributed by atoms with van der Waals surface area (Å²) in [4.78, 5) is 19.5. The van der Waals surface area contributed by atoms with Crippen LogP contribution in [0.25, 0.3) is 5.69 Å². The molecule has 0 saturated carbocycles. The number of aromatic amines is 1. The van der Waals surface area contributed by atoms with Crippen LogP contribution in [0.15, 0.2) is 34.1 Å². The van der Waals surface area contributed by atoms with Crippen LogP contribution in [0, 0.1) is 5.82 Å². The third kappa shape index (κ3) is 4.47. The second-order valence-corrected chi connectivity index (χ2v) is 6.36. The van der Waals surface area contributed by atoms with Crippen LogP contribution in [0.2, 0.25) is 0 Å². The van der Waals surface area contributed by atoms with E-state index in [1.807, 2.05) is 0 Å². The number of hydrogen-bond donors (Lipinski definition) is 1. The number of halogens is 1. The van der Waals surface area contributed by atoms with Crippen LogP contribution in [0.4, 0.5) is 4.39 Å². The summed E-state index contributed by atoms with van der Waals surface area (Å²) in [6.07, 6.45) is 3.34. The molecule has 1 fully saturated rings. The van der Waals surface area contributed by atoms with Gasteiger partial charge in [-0.25, -0.2) is 9.07 Å².